The molecule has 2 fully saturated rings. The van der Waals surface area contributed by atoms with Gasteiger partial charge in [0.2, 0.25) is 0 Å². The first-order valence-corrected chi connectivity index (χ1v) is 8.72. The van der Waals surface area contributed by atoms with Gasteiger partial charge in [-0.2, -0.15) is 5.10 Å². The molecule has 0 bridgehead atoms. The minimum absolute atomic E-state index is 0.0534. The molecule has 2 aliphatic rings. The quantitative estimate of drug-likeness (QED) is 0.866. The van der Waals surface area contributed by atoms with Gasteiger partial charge in [0.05, 0.1) is 12.2 Å². The van der Waals surface area contributed by atoms with Crippen LogP contribution in [0.2, 0.25) is 0 Å². The van der Waals surface area contributed by atoms with E-state index in [1.165, 1.54) is 30.4 Å². The molecule has 126 valence electrons. The fourth-order valence-corrected chi connectivity index (χ4v) is 3.47. The molecule has 1 aromatic rings. The number of hydrogen-bond donors (Lipinski definition) is 1. The van der Waals surface area contributed by atoms with Gasteiger partial charge < -0.3 is 10.2 Å². The van der Waals surface area contributed by atoms with E-state index in [2.05, 4.69) is 10.4 Å². The van der Waals surface area contributed by atoms with Crippen molar-refractivity contribution in [3.63, 3.8) is 0 Å². The van der Waals surface area contributed by atoms with E-state index in [1.807, 2.05) is 11.8 Å². The lowest BCUT2D eigenvalue weighted by atomic mass is 10.0. The highest BCUT2D eigenvalue weighted by molar-refractivity contribution is 5.75. The molecule has 1 aromatic heterocycles. The zero-order chi connectivity index (χ0) is 16.2. The van der Waals surface area contributed by atoms with Crippen molar-refractivity contribution in [3.8, 4) is 0 Å². The third-order valence-electron chi connectivity index (χ3n) is 4.86. The standard InChI is InChI=1S/C17H26N4O2/c1-13-8-9-16(22)21(19-13)12-14-10-20(11-14)17(23)18-15-6-4-2-3-5-7-15/h8-9,14-15H,2-7,10-12H2,1H3,(H,18,23). The smallest absolute Gasteiger partial charge is 0.317 e. The minimum atomic E-state index is -0.0723. The molecule has 1 N–H and O–H groups in total. The van der Waals surface area contributed by atoms with Gasteiger partial charge in [0, 0.05) is 31.1 Å². The Balaban J connectivity index is 1.45. The van der Waals surface area contributed by atoms with E-state index in [9.17, 15) is 9.59 Å². The van der Waals surface area contributed by atoms with E-state index in [0.717, 1.165) is 18.5 Å². The van der Waals surface area contributed by atoms with Crippen LogP contribution >= 0.6 is 0 Å². The Kier molecular flexibility index (Phi) is 4.98. The largest absolute Gasteiger partial charge is 0.335 e. The third-order valence-corrected chi connectivity index (χ3v) is 4.86. The zero-order valence-electron chi connectivity index (χ0n) is 13.8. The SMILES string of the molecule is Cc1ccc(=O)n(CC2CN(C(=O)NC3CCCCCC3)C2)n1. The Morgan fingerprint density at radius 1 is 1.22 bits per heavy atom. The second-order valence-corrected chi connectivity index (χ2v) is 6.90. The Morgan fingerprint density at radius 3 is 2.61 bits per heavy atom. The van der Waals surface area contributed by atoms with Crippen LogP contribution in [0.5, 0.6) is 0 Å². The normalized spacial score (nSPS) is 20.0. The van der Waals surface area contributed by atoms with Crippen molar-refractivity contribution >= 4 is 6.03 Å². The molecule has 0 aromatic carbocycles. The summed E-state index contributed by atoms with van der Waals surface area (Å²) in [7, 11) is 0. The van der Waals surface area contributed by atoms with Crippen molar-refractivity contribution in [1.82, 2.24) is 20.0 Å². The number of nitrogens with one attached hydrogen (secondary N) is 1. The predicted molar refractivity (Wildman–Crippen MR) is 88.3 cm³/mol. The number of carbonyl (C=O) groups is 1. The summed E-state index contributed by atoms with van der Waals surface area (Å²) in [5.74, 6) is 0.321. The number of amides is 2. The molecular weight excluding hydrogens is 292 g/mol. The Hall–Kier alpha value is -1.85. The maximum Gasteiger partial charge on any atom is 0.317 e. The van der Waals surface area contributed by atoms with Crippen LogP contribution in [0.15, 0.2) is 16.9 Å². The van der Waals surface area contributed by atoms with Gasteiger partial charge in [-0.1, -0.05) is 25.7 Å². The van der Waals surface area contributed by atoms with Gasteiger partial charge >= 0.3 is 6.03 Å². The molecule has 1 aliphatic heterocycles. The number of likely N-dealkylation sites (tertiary alicyclic amines) is 1. The molecule has 0 radical (unpaired) electrons. The van der Waals surface area contributed by atoms with Crippen molar-refractivity contribution in [1.29, 1.82) is 0 Å². The average molecular weight is 318 g/mol. The molecule has 0 atom stereocenters. The van der Waals surface area contributed by atoms with Crippen LogP contribution < -0.4 is 10.9 Å². The lowest BCUT2D eigenvalue weighted by Crippen LogP contribution is -2.56. The fraction of sp³-hybridized carbons (Fsp3) is 0.706. The fourth-order valence-electron chi connectivity index (χ4n) is 3.47. The van der Waals surface area contributed by atoms with Crippen molar-refractivity contribution in [3.05, 3.63) is 28.2 Å². The van der Waals surface area contributed by atoms with Crippen LogP contribution in [0.4, 0.5) is 4.79 Å². The van der Waals surface area contributed by atoms with Gasteiger partial charge in [0.1, 0.15) is 0 Å². The Labute approximate surface area is 136 Å². The number of aryl methyl sites for hydroxylation is 1. The summed E-state index contributed by atoms with van der Waals surface area (Å²) in [4.78, 5) is 25.9. The summed E-state index contributed by atoms with van der Waals surface area (Å²) >= 11 is 0. The number of nitrogens with zero attached hydrogens (tertiary/aromatic N) is 3. The van der Waals surface area contributed by atoms with Gasteiger partial charge in [-0.05, 0) is 25.8 Å². The van der Waals surface area contributed by atoms with E-state index in [0.29, 0.717) is 31.6 Å². The number of hydrogen-bond acceptors (Lipinski definition) is 3. The topological polar surface area (TPSA) is 67.2 Å². The number of carbonyl (C=O) groups excluding carboxylic acids is 1. The van der Waals surface area contributed by atoms with Gasteiger partial charge in [0.25, 0.3) is 5.56 Å². The van der Waals surface area contributed by atoms with Crippen molar-refractivity contribution in [2.24, 2.45) is 5.92 Å². The lowest BCUT2D eigenvalue weighted by Gasteiger charge is -2.39. The number of urea groups is 1. The van der Waals surface area contributed by atoms with E-state index in [1.54, 1.807) is 12.1 Å². The lowest BCUT2D eigenvalue weighted by molar-refractivity contribution is 0.104. The molecule has 0 spiro atoms. The maximum absolute atomic E-state index is 12.3. The molecule has 2 heterocycles. The minimum Gasteiger partial charge on any atom is -0.335 e. The van der Waals surface area contributed by atoms with Crippen LogP contribution in [0, 0.1) is 12.8 Å². The molecule has 0 unspecified atom stereocenters. The summed E-state index contributed by atoms with van der Waals surface area (Å²) < 4.78 is 1.51. The van der Waals surface area contributed by atoms with E-state index in [-0.39, 0.29) is 11.6 Å². The van der Waals surface area contributed by atoms with Gasteiger partial charge in [-0.15, -0.1) is 0 Å². The summed E-state index contributed by atoms with van der Waals surface area (Å²) in [5.41, 5.74) is 0.767. The van der Waals surface area contributed by atoms with E-state index in [4.69, 9.17) is 0 Å². The van der Waals surface area contributed by atoms with E-state index < -0.39 is 0 Å². The first-order valence-electron chi connectivity index (χ1n) is 8.72. The van der Waals surface area contributed by atoms with Crippen LogP contribution in [-0.4, -0.2) is 39.8 Å². The molecule has 1 saturated heterocycles. The maximum atomic E-state index is 12.3. The first-order chi connectivity index (χ1) is 11.1. The molecule has 23 heavy (non-hydrogen) atoms. The molecule has 2 amide bonds. The Morgan fingerprint density at radius 2 is 1.91 bits per heavy atom. The van der Waals surface area contributed by atoms with Crippen LogP contribution in [0.3, 0.4) is 0 Å². The first kappa shape index (κ1) is 16.0. The highest BCUT2D eigenvalue weighted by atomic mass is 16.2. The third kappa shape index (κ3) is 4.12. The highest BCUT2D eigenvalue weighted by Crippen LogP contribution is 2.20. The van der Waals surface area contributed by atoms with Gasteiger partial charge in [-0.25, -0.2) is 9.48 Å². The second kappa shape index (κ2) is 7.15. The predicted octanol–water partition coefficient (Wildman–Crippen LogP) is 1.92. The molecule has 1 aliphatic carbocycles. The van der Waals surface area contributed by atoms with Crippen molar-refractivity contribution in [2.45, 2.75) is 58.0 Å². The van der Waals surface area contributed by atoms with Gasteiger partial charge in [-0.3, -0.25) is 4.79 Å². The number of aromatic nitrogens is 2. The summed E-state index contributed by atoms with van der Waals surface area (Å²) in [6, 6.07) is 3.67. The molecule has 3 rings (SSSR count). The average Bonchev–Trinajstić information content (AvgIpc) is 2.74. The van der Waals surface area contributed by atoms with Crippen LogP contribution in [0.1, 0.15) is 44.2 Å². The van der Waals surface area contributed by atoms with Crippen molar-refractivity contribution in [2.75, 3.05) is 13.1 Å². The summed E-state index contributed by atoms with van der Waals surface area (Å²) in [6.45, 7) is 3.89. The Bertz CT molecular complexity index is 599. The molecule has 6 nitrogen and oxygen atoms in total. The molecule has 1 saturated carbocycles. The van der Waals surface area contributed by atoms with Gasteiger partial charge in [0.15, 0.2) is 0 Å². The van der Waals surface area contributed by atoms with Crippen LogP contribution in [0.25, 0.3) is 0 Å². The number of rotatable bonds is 3. The zero-order valence-corrected chi connectivity index (χ0v) is 13.8. The van der Waals surface area contributed by atoms with Crippen molar-refractivity contribution < 1.29 is 4.79 Å². The summed E-state index contributed by atoms with van der Waals surface area (Å²) in [6.07, 6.45) is 7.22. The van der Waals surface area contributed by atoms with Crippen LogP contribution in [-0.2, 0) is 6.54 Å². The molecule has 6 heteroatoms. The molecular formula is C17H26N4O2. The van der Waals surface area contributed by atoms with E-state index >= 15 is 0 Å². The second-order valence-electron chi connectivity index (χ2n) is 6.90. The monoisotopic (exact) mass is 318 g/mol. The highest BCUT2D eigenvalue weighted by Gasteiger charge is 2.32. The summed E-state index contributed by atoms with van der Waals surface area (Å²) in [5, 5.41) is 7.42.